The van der Waals surface area contributed by atoms with Gasteiger partial charge in [-0.2, -0.15) is 0 Å². The van der Waals surface area contributed by atoms with Gasteiger partial charge in [-0.3, -0.25) is 0 Å². The molecule has 0 spiro atoms. The van der Waals surface area contributed by atoms with E-state index in [0.29, 0.717) is 0 Å². The third-order valence-corrected chi connectivity index (χ3v) is 0.604. The fourth-order valence-corrected chi connectivity index (χ4v) is 0.250. The normalized spacial score (nSPS) is 9.90. The Hall–Kier alpha value is -0.161. The number of hydrogen-bond acceptors (Lipinski definition) is 4. The maximum atomic E-state index is 8.58. The summed E-state index contributed by atoms with van der Waals surface area (Å²) in [5.74, 6) is 0. The van der Waals surface area contributed by atoms with Gasteiger partial charge in [0.2, 0.25) is 0 Å². The number of rotatable bonds is 2. The zero-order chi connectivity index (χ0) is 8.62. The number of hydrogen-bond donors (Lipinski definition) is 1. The average Bonchev–Trinajstić information content (AvgIpc) is 1.63. The zero-order valence-corrected chi connectivity index (χ0v) is 7.02. The molecular weight excluding hydrogens is 181 g/mol. The molecule has 0 fully saturated rings. The van der Waals surface area contributed by atoms with Crippen molar-refractivity contribution in [3.8, 4) is 0 Å². The van der Waals surface area contributed by atoms with E-state index in [9.17, 15) is 0 Å². The van der Waals surface area contributed by atoms with Gasteiger partial charge in [0.25, 0.3) is 0 Å². The Morgan fingerprint density at radius 1 is 1.40 bits per heavy atom. The molecule has 10 heavy (non-hydrogen) atoms. The van der Waals surface area contributed by atoms with Crippen LogP contribution < -0.4 is 9.92 Å². The van der Waals surface area contributed by atoms with Crippen molar-refractivity contribution >= 4 is 0 Å². The Morgan fingerprint density at radius 2 is 1.70 bits per heavy atom. The van der Waals surface area contributed by atoms with Crippen LogP contribution in [-0.4, -0.2) is 6.54 Å². The van der Waals surface area contributed by atoms with Crippen LogP contribution in [0.4, 0.5) is 0 Å². The van der Waals surface area contributed by atoms with Crippen molar-refractivity contribution in [3.05, 3.63) is 0 Å². The molecule has 0 aromatic heterocycles. The molecule has 0 rings (SSSR count). The van der Waals surface area contributed by atoms with Crippen LogP contribution in [0.3, 0.4) is 0 Å². The third kappa shape index (κ3) is 108. The van der Waals surface area contributed by atoms with Crippen molar-refractivity contribution in [2.75, 3.05) is 6.54 Å². The second-order valence-electron chi connectivity index (χ2n) is 1.59. The summed E-state index contributed by atoms with van der Waals surface area (Å²) in [4.78, 5) is 0. The molecular formula is C4H12MnNO4. The SMILES string of the molecule is CCCC[NH3+].[O]=[Mn](=[O])(=[O])[O-]. The molecule has 64 valence electrons. The first-order valence-electron chi connectivity index (χ1n) is 2.82. The topological polar surface area (TPSA) is 102 Å². The Labute approximate surface area is 61.4 Å². The maximum absolute atomic E-state index is 8.58. The molecule has 0 aromatic carbocycles. The first kappa shape index (κ1) is 12.5. The molecule has 0 amide bonds. The van der Waals surface area contributed by atoms with Crippen LogP contribution in [0, 0.1) is 0 Å². The monoisotopic (exact) mass is 193 g/mol. The van der Waals surface area contributed by atoms with Gasteiger partial charge in [0.05, 0.1) is 6.54 Å². The minimum absolute atomic E-state index is 1.09. The van der Waals surface area contributed by atoms with E-state index in [0.717, 1.165) is 6.54 Å². The van der Waals surface area contributed by atoms with Crippen molar-refractivity contribution in [1.82, 2.24) is 0 Å². The second-order valence-corrected chi connectivity index (χ2v) is 2.77. The van der Waals surface area contributed by atoms with E-state index < -0.39 is 13.0 Å². The fourth-order valence-electron chi connectivity index (χ4n) is 0.250. The van der Waals surface area contributed by atoms with E-state index in [4.69, 9.17) is 15.7 Å². The molecule has 0 heterocycles. The van der Waals surface area contributed by atoms with Crippen molar-refractivity contribution in [1.29, 1.82) is 0 Å². The molecule has 0 aliphatic carbocycles. The Balaban J connectivity index is 0. The van der Waals surface area contributed by atoms with E-state index in [1.165, 1.54) is 12.8 Å². The van der Waals surface area contributed by atoms with Gasteiger partial charge >= 0.3 is 28.7 Å². The average molecular weight is 193 g/mol. The minimum atomic E-state index is -5.62. The molecule has 3 N–H and O–H groups in total. The van der Waals surface area contributed by atoms with Crippen LogP contribution in [0.2, 0.25) is 0 Å². The molecule has 0 atom stereocenters. The Kier molecular flexibility index (Phi) is 8.70. The van der Waals surface area contributed by atoms with Crippen molar-refractivity contribution < 1.29 is 34.4 Å². The van der Waals surface area contributed by atoms with E-state index in [2.05, 4.69) is 12.7 Å². The van der Waals surface area contributed by atoms with Gasteiger partial charge in [0.15, 0.2) is 0 Å². The Bertz CT molecular complexity index is 172. The molecule has 0 bridgehead atoms. The van der Waals surface area contributed by atoms with Crippen LogP contribution in [0.5, 0.6) is 0 Å². The first-order chi connectivity index (χ1) is 4.41. The summed E-state index contributed by atoms with van der Waals surface area (Å²) in [5.41, 5.74) is 3.68. The Morgan fingerprint density at radius 3 is 1.70 bits per heavy atom. The van der Waals surface area contributed by atoms with E-state index in [1.807, 2.05) is 0 Å². The van der Waals surface area contributed by atoms with Crippen LogP contribution in [0.25, 0.3) is 0 Å². The quantitative estimate of drug-likeness (QED) is 0.538. The van der Waals surface area contributed by atoms with Crippen molar-refractivity contribution in [3.63, 3.8) is 0 Å². The molecule has 6 heteroatoms. The summed E-state index contributed by atoms with van der Waals surface area (Å²) in [7, 11) is 0. The van der Waals surface area contributed by atoms with Gasteiger partial charge in [-0.05, 0) is 6.42 Å². The van der Waals surface area contributed by atoms with E-state index in [-0.39, 0.29) is 0 Å². The number of unbranched alkanes of at least 4 members (excludes halogenated alkanes) is 1. The zero-order valence-electron chi connectivity index (χ0n) is 5.84. The van der Waals surface area contributed by atoms with Crippen LogP contribution in [0.1, 0.15) is 19.8 Å². The summed E-state index contributed by atoms with van der Waals surface area (Å²) >= 11 is -5.62. The van der Waals surface area contributed by atoms with Gasteiger partial charge in [-0.15, -0.1) is 0 Å². The van der Waals surface area contributed by atoms with Crippen LogP contribution in [0.15, 0.2) is 0 Å². The molecule has 0 saturated heterocycles. The third-order valence-electron chi connectivity index (χ3n) is 0.604. The van der Waals surface area contributed by atoms with Gasteiger partial charge in [0, 0.05) is 0 Å². The van der Waals surface area contributed by atoms with E-state index in [1.54, 1.807) is 0 Å². The van der Waals surface area contributed by atoms with Gasteiger partial charge in [0.1, 0.15) is 0 Å². The fraction of sp³-hybridized carbons (Fsp3) is 1.00. The predicted molar refractivity (Wildman–Crippen MR) is 24.7 cm³/mol. The van der Waals surface area contributed by atoms with Crippen LogP contribution >= 0.6 is 0 Å². The van der Waals surface area contributed by atoms with Gasteiger partial charge < -0.3 is 5.73 Å². The summed E-state index contributed by atoms with van der Waals surface area (Å²) in [6.07, 6.45) is 2.56. The van der Waals surface area contributed by atoms with Gasteiger partial charge in [-0.25, -0.2) is 0 Å². The molecule has 5 nitrogen and oxygen atoms in total. The predicted octanol–water partition coefficient (Wildman–Crippen LogP) is -1.52. The second kappa shape index (κ2) is 6.95. The summed E-state index contributed by atoms with van der Waals surface area (Å²) in [5, 5.41) is 0. The van der Waals surface area contributed by atoms with Crippen molar-refractivity contribution in [2.24, 2.45) is 0 Å². The molecule has 0 aliphatic rings. The van der Waals surface area contributed by atoms with Crippen LogP contribution in [-0.2, 0) is 24.5 Å². The standard InChI is InChI=1S/C4H11N.Mn.4O/c1-2-3-4-5;;;;;/h2-5H2,1H3;;;;;/q;;;;;-1/p+1. The molecule has 0 saturated carbocycles. The molecule has 0 aliphatic heterocycles. The first-order valence-corrected chi connectivity index (χ1v) is 4.75. The molecule has 0 radical (unpaired) electrons. The van der Waals surface area contributed by atoms with Gasteiger partial charge in [-0.1, -0.05) is 13.3 Å². The summed E-state index contributed by atoms with van der Waals surface area (Å²) in [6, 6.07) is 0. The van der Waals surface area contributed by atoms with E-state index >= 15 is 0 Å². The molecule has 0 unspecified atom stereocenters. The summed E-state index contributed by atoms with van der Waals surface area (Å²) < 4.78 is 34.3. The molecule has 0 aromatic rings. The summed E-state index contributed by atoms with van der Waals surface area (Å²) in [6.45, 7) is 3.27. The number of quaternary nitrogens is 1. The van der Waals surface area contributed by atoms with Crippen molar-refractivity contribution in [2.45, 2.75) is 19.8 Å².